The third-order valence-electron chi connectivity index (χ3n) is 5.82. The minimum Gasteiger partial charge on any atom is -0.369 e. The molecule has 1 saturated heterocycles. The molecule has 172 valence electrons. The van der Waals surface area contributed by atoms with Gasteiger partial charge in [-0.25, -0.2) is 9.07 Å². The van der Waals surface area contributed by atoms with Crippen LogP contribution in [0.25, 0.3) is 5.69 Å². The molecular weight excluding hydrogens is 427 g/mol. The molecule has 0 aliphatic carbocycles. The Bertz CT molecular complexity index is 1160. The number of nitrogens with one attached hydrogen (secondary N) is 1. The quantitative estimate of drug-likeness (QED) is 0.456. The van der Waals surface area contributed by atoms with E-state index in [1.807, 2.05) is 6.92 Å². The number of rotatable bonds is 6. The summed E-state index contributed by atoms with van der Waals surface area (Å²) in [4.78, 5) is 27.7. The molecule has 1 N–H and O–H groups in total. The smallest absolute Gasteiger partial charge is 0.269 e. The number of carbonyl (C=O) groups is 1. The third kappa shape index (κ3) is 5.01. The summed E-state index contributed by atoms with van der Waals surface area (Å²) < 4.78 is 15.5. The Balaban J connectivity index is 1.49. The highest BCUT2D eigenvalue weighted by Gasteiger charge is 2.22. The van der Waals surface area contributed by atoms with Gasteiger partial charge in [-0.05, 0) is 44.3 Å². The maximum atomic E-state index is 14.1. The number of likely N-dealkylation sites (N-methyl/N-ethyl adjacent to an activating group) is 1. The Kier molecular flexibility index (Phi) is 6.36. The second-order valence-corrected chi connectivity index (χ2v) is 8.14. The van der Waals surface area contributed by atoms with Crippen LogP contribution >= 0.6 is 0 Å². The van der Waals surface area contributed by atoms with Gasteiger partial charge < -0.3 is 15.1 Å². The second kappa shape index (κ2) is 9.37. The zero-order valence-electron chi connectivity index (χ0n) is 18.4. The molecule has 0 radical (unpaired) electrons. The molecule has 2 aromatic carbocycles. The van der Waals surface area contributed by atoms with Gasteiger partial charge in [0, 0.05) is 55.8 Å². The van der Waals surface area contributed by atoms with Crippen molar-refractivity contribution in [1.82, 2.24) is 20.0 Å². The minimum absolute atomic E-state index is 0.0241. The van der Waals surface area contributed by atoms with Crippen molar-refractivity contribution in [2.45, 2.75) is 13.0 Å². The van der Waals surface area contributed by atoms with Crippen LogP contribution < -0.4 is 10.2 Å². The van der Waals surface area contributed by atoms with Crippen molar-refractivity contribution in [3.63, 3.8) is 0 Å². The van der Waals surface area contributed by atoms with E-state index in [9.17, 15) is 19.3 Å². The van der Waals surface area contributed by atoms with E-state index in [0.717, 1.165) is 37.4 Å². The summed E-state index contributed by atoms with van der Waals surface area (Å²) in [5.41, 5.74) is 2.53. The van der Waals surface area contributed by atoms with E-state index in [1.165, 1.54) is 35.1 Å². The molecule has 3 aromatic rings. The molecule has 0 saturated carbocycles. The molecule has 1 aliphatic heterocycles. The van der Waals surface area contributed by atoms with Crippen LogP contribution in [-0.2, 0) is 0 Å². The molecule has 9 nitrogen and oxygen atoms in total. The van der Waals surface area contributed by atoms with E-state index >= 15 is 0 Å². The van der Waals surface area contributed by atoms with Gasteiger partial charge in [0.2, 0.25) is 0 Å². The highest BCUT2D eigenvalue weighted by molar-refractivity contribution is 5.94. The lowest BCUT2D eigenvalue weighted by Gasteiger charge is -2.36. The van der Waals surface area contributed by atoms with Crippen LogP contribution in [0.15, 0.2) is 54.9 Å². The van der Waals surface area contributed by atoms with Crippen molar-refractivity contribution < 1.29 is 14.1 Å². The van der Waals surface area contributed by atoms with Crippen LogP contribution in [0, 0.1) is 15.9 Å². The average molecular weight is 452 g/mol. The molecular formula is C23H25FN6O3. The SMILES string of the molecule is CC(NC(=O)c1cnn(-c2ccc([N+](=O)[O-])cc2)c1)c1cc(F)ccc1N1CCN(C)CC1. The molecule has 1 aliphatic rings. The van der Waals surface area contributed by atoms with Crippen molar-refractivity contribution in [2.75, 3.05) is 38.1 Å². The Labute approximate surface area is 190 Å². The van der Waals surface area contributed by atoms with Crippen LogP contribution in [-0.4, -0.2) is 58.7 Å². The maximum absolute atomic E-state index is 14.1. The first-order valence-corrected chi connectivity index (χ1v) is 10.6. The van der Waals surface area contributed by atoms with Crippen molar-refractivity contribution in [1.29, 1.82) is 0 Å². The standard InChI is InChI=1S/C23H25FN6O3/c1-16(21-13-18(24)3-8-22(21)28-11-9-27(2)10-12-28)26-23(31)17-14-25-29(15-17)19-4-6-20(7-5-19)30(32)33/h3-8,13-16H,9-12H2,1-2H3,(H,26,31). The summed E-state index contributed by atoms with van der Waals surface area (Å²) in [6, 6.07) is 10.1. The number of benzene rings is 2. The van der Waals surface area contributed by atoms with Crippen molar-refractivity contribution >= 4 is 17.3 Å². The van der Waals surface area contributed by atoms with Gasteiger partial charge in [-0.1, -0.05) is 0 Å². The normalized spacial score (nSPS) is 15.3. The third-order valence-corrected chi connectivity index (χ3v) is 5.82. The number of carbonyl (C=O) groups excluding carboxylic acids is 1. The number of anilines is 1. The van der Waals surface area contributed by atoms with Crippen molar-refractivity contribution in [2.24, 2.45) is 0 Å². The molecule has 4 rings (SSSR count). The summed E-state index contributed by atoms with van der Waals surface area (Å²) in [6.07, 6.45) is 2.98. The number of hydrogen-bond donors (Lipinski definition) is 1. The van der Waals surface area contributed by atoms with Crippen molar-refractivity contribution in [3.8, 4) is 5.69 Å². The van der Waals surface area contributed by atoms with E-state index < -0.39 is 11.0 Å². The van der Waals surface area contributed by atoms with Gasteiger partial charge in [-0.15, -0.1) is 0 Å². The molecule has 1 unspecified atom stereocenters. The van der Waals surface area contributed by atoms with Gasteiger partial charge in [0.1, 0.15) is 5.82 Å². The van der Waals surface area contributed by atoms with Crippen LogP contribution in [0.4, 0.5) is 15.8 Å². The number of piperazine rings is 1. The van der Waals surface area contributed by atoms with Gasteiger partial charge in [-0.2, -0.15) is 5.10 Å². The summed E-state index contributed by atoms with van der Waals surface area (Å²) in [5.74, 6) is -0.695. The average Bonchev–Trinajstić information content (AvgIpc) is 3.30. The fourth-order valence-electron chi connectivity index (χ4n) is 3.87. The van der Waals surface area contributed by atoms with Gasteiger partial charge in [-0.3, -0.25) is 14.9 Å². The van der Waals surface area contributed by atoms with Crippen molar-refractivity contribution in [3.05, 3.63) is 81.9 Å². The monoisotopic (exact) mass is 452 g/mol. The maximum Gasteiger partial charge on any atom is 0.269 e. The zero-order valence-corrected chi connectivity index (χ0v) is 18.4. The Morgan fingerprint density at radius 3 is 2.52 bits per heavy atom. The Morgan fingerprint density at radius 2 is 1.85 bits per heavy atom. The first-order valence-electron chi connectivity index (χ1n) is 10.6. The lowest BCUT2D eigenvalue weighted by molar-refractivity contribution is -0.384. The topological polar surface area (TPSA) is 96.5 Å². The highest BCUT2D eigenvalue weighted by Crippen LogP contribution is 2.28. The summed E-state index contributed by atoms with van der Waals surface area (Å²) >= 11 is 0. The molecule has 1 aromatic heterocycles. The Morgan fingerprint density at radius 1 is 1.15 bits per heavy atom. The number of nitrogens with zero attached hydrogens (tertiary/aromatic N) is 5. The molecule has 33 heavy (non-hydrogen) atoms. The number of nitro benzene ring substituents is 1. The largest absolute Gasteiger partial charge is 0.369 e. The van der Waals surface area contributed by atoms with Gasteiger partial charge in [0.15, 0.2) is 0 Å². The summed E-state index contributed by atoms with van der Waals surface area (Å²) in [6.45, 7) is 5.32. The molecule has 1 amide bonds. The zero-order chi connectivity index (χ0) is 23.5. The number of hydrogen-bond acceptors (Lipinski definition) is 6. The predicted molar refractivity (Wildman–Crippen MR) is 122 cm³/mol. The lowest BCUT2D eigenvalue weighted by Crippen LogP contribution is -2.45. The van der Waals surface area contributed by atoms with Crippen LogP contribution in [0.2, 0.25) is 0 Å². The fraction of sp³-hybridized carbons (Fsp3) is 0.304. The van der Waals surface area contributed by atoms with Gasteiger partial charge in [0.05, 0.1) is 28.4 Å². The first kappa shape index (κ1) is 22.4. The summed E-state index contributed by atoms with van der Waals surface area (Å²) in [7, 11) is 2.07. The van der Waals surface area contributed by atoms with E-state index in [2.05, 4.69) is 27.3 Å². The van der Waals surface area contributed by atoms with Gasteiger partial charge in [0.25, 0.3) is 11.6 Å². The van der Waals surface area contributed by atoms with E-state index in [4.69, 9.17) is 0 Å². The fourth-order valence-corrected chi connectivity index (χ4v) is 3.87. The summed E-state index contributed by atoms with van der Waals surface area (Å²) in [5, 5.41) is 17.9. The number of non-ortho nitro benzene ring substituents is 1. The number of aromatic nitrogens is 2. The van der Waals surface area contributed by atoms with E-state index in [0.29, 0.717) is 11.3 Å². The number of halogens is 1. The van der Waals surface area contributed by atoms with E-state index in [-0.39, 0.29) is 17.4 Å². The van der Waals surface area contributed by atoms with Crippen LogP contribution in [0.1, 0.15) is 28.9 Å². The molecule has 2 heterocycles. The molecule has 0 spiro atoms. The predicted octanol–water partition coefficient (Wildman–Crippen LogP) is 3.16. The van der Waals surface area contributed by atoms with Crippen LogP contribution in [0.5, 0.6) is 0 Å². The first-order chi connectivity index (χ1) is 15.8. The van der Waals surface area contributed by atoms with Crippen LogP contribution in [0.3, 0.4) is 0 Å². The van der Waals surface area contributed by atoms with E-state index in [1.54, 1.807) is 24.4 Å². The molecule has 1 fully saturated rings. The second-order valence-electron chi connectivity index (χ2n) is 8.14. The molecule has 1 atom stereocenters. The highest BCUT2D eigenvalue weighted by atomic mass is 19.1. The van der Waals surface area contributed by atoms with Gasteiger partial charge >= 0.3 is 0 Å². The minimum atomic E-state index is -0.476. The Hall–Kier alpha value is -3.79. The molecule has 10 heteroatoms. The number of nitro groups is 1. The number of amides is 1. The lowest BCUT2D eigenvalue weighted by atomic mass is 10.0. The molecule has 0 bridgehead atoms.